The van der Waals surface area contributed by atoms with Gasteiger partial charge in [0.05, 0.1) is 4.90 Å². The van der Waals surface area contributed by atoms with Crippen LogP contribution < -0.4 is 0 Å². The van der Waals surface area contributed by atoms with Crippen LogP contribution in [0.5, 0.6) is 0 Å². The van der Waals surface area contributed by atoms with Gasteiger partial charge in [0.2, 0.25) is 0 Å². The van der Waals surface area contributed by atoms with Gasteiger partial charge in [-0.15, -0.1) is 0 Å². The minimum atomic E-state index is -4.21. The Hall–Kier alpha value is -2.43. The molecule has 0 heterocycles. The van der Waals surface area contributed by atoms with E-state index in [4.69, 9.17) is 0 Å². The lowest BCUT2D eigenvalue weighted by molar-refractivity contribution is 0.482. The SMILES string of the molecule is Cc1ccccc1Cc1ccc(C)c(Cc2ccc(C)c(S(=O)(=O)O)c2)c1. The van der Waals surface area contributed by atoms with Gasteiger partial charge in [0.1, 0.15) is 0 Å². The third-order valence-corrected chi connectivity index (χ3v) is 5.99. The Morgan fingerprint density at radius 1 is 0.704 bits per heavy atom. The molecule has 3 aromatic rings. The first-order valence-corrected chi connectivity index (χ1v) is 10.4. The first-order chi connectivity index (χ1) is 12.7. The molecule has 0 unspecified atom stereocenters. The summed E-state index contributed by atoms with van der Waals surface area (Å²) in [5.41, 5.74) is 7.54. The van der Waals surface area contributed by atoms with Gasteiger partial charge in [-0.25, -0.2) is 0 Å². The molecule has 0 fully saturated rings. The summed E-state index contributed by atoms with van der Waals surface area (Å²) < 4.78 is 32.6. The second-order valence-corrected chi connectivity index (χ2v) is 8.51. The molecule has 0 radical (unpaired) electrons. The smallest absolute Gasteiger partial charge is 0.282 e. The summed E-state index contributed by atoms with van der Waals surface area (Å²) in [5.74, 6) is 0. The molecule has 0 saturated carbocycles. The molecule has 0 bridgehead atoms. The van der Waals surface area contributed by atoms with Crippen LogP contribution in [0.15, 0.2) is 65.6 Å². The number of hydrogen-bond donors (Lipinski definition) is 1. The van der Waals surface area contributed by atoms with Gasteiger partial charge in [-0.05, 0) is 78.6 Å². The highest BCUT2D eigenvalue weighted by molar-refractivity contribution is 7.85. The minimum absolute atomic E-state index is 0.0197. The Kier molecular flexibility index (Phi) is 5.49. The summed E-state index contributed by atoms with van der Waals surface area (Å²) in [6.07, 6.45) is 1.49. The van der Waals surface area contributed by atoms with Crippen molar-refractivity contribution in [2.45, 2.75) is 38.5 Å². The van der Waals surface area contributed by atoms with E-state index in [1.807, 2.05) is 12.1 Å². The molecule has 0 amide bonds. The van der Waals surface area contributed by atoms with E-state index in [9.17, 15) is 13.0 Å². The largest absolute Gasteiger partial charge is 0.294 e. The lowest BCUT2D eigenvalue weighted by Gasteiger charge is -2.12. The van der Waals surface area contributed by atoms with Crippen molar-refractivity contribution in [1.29, 1.82) is 0 Å². The Bertz CT molecular complexity index is 1080. The van der Waals surface area contributed by atoms with Crippen LogP contribution in [0.25, 0.3) is 0 Å². The molecule has 3 nitrogen and oxygen atoms in total. The van der Waals surface area contributed by atoms with Crippen molar-refractivity contribution >= 4 is 10.1 Å². The fourth-order valence-electron chi connectivity index (χ4n) is 3.31. The molecular formula is C23H24O3S. The van der Waals surface area contributed by atoms with Gasteiger partial charge in [-0.1, -0.05) is 54.6 Å². The van der Waals surface area contributed by atoms with Crippen LogP contribution in [-0.2, 0) is 23.0 Å². The summed E-state index contributed by atoms with van der Waals surface area (Å²) in [6.45, 7) is 5.86. The molecule has 0 aliphatic carbocycles. The van der Waals surface area contributed by atoms with Gasteiger partial charge < -0.3 is 0 Å². The Morgan fingerprint density at radius 3 is 1.93 bits per heavy atom. The lowest BCUT2D eigenvalue weighted by atomic mass is 9.94. The van der Waals surface area contributed by atoms with E-state index in [0.29, 0.717) is 12.0 Å². The standard InChI is InChI=1S/C23H24O3S/c1-16-6-4-5-7-21(16)12-19-10-8-17(2)22(13-19)14-20-11-9-18(3)23(15-20)27(24,25)26/h4-11,13,15H,12,14H2,1-3H3,(H,24,25,26). The molecule has 0 atom stereocenters. The summed E-state index contributed by atoms with van der Waals surface area (Å²) >= 11 is 0. The molecule has 0 saturated heterocycles. The molecule has 4 heteroatoms. The van der Waals surface area contributed by atoms with Crippen molar-refractivity contribution in [2.75, 3.05) is 0 Å². The van der Waals surface area contributed by atoms with E-state index in [1.165, 1.54) is 16.7 Å². The van der Waals surface area contributed by atoms with E-state index >= 15 is 0 Å². The van der Waals surface area contributed by atoms with Gasteiger partial charge in [-0.2, -0.15) is 8.42 Å². The third-order valence-electron chi connectivity index (χ3n) is 4.99. The predicted molar refractivity (Wildman–Crippen MR) is 109 cm³/mol. The van der Waals surface area contributed by atoms with Crippen molar-refractivity contribution in [3.8, 4) is 0 Å². The molecule has 0 aliphatic heterocycles. The maximum Gasteiger partial charge on any atom is 0.294 e. The molecule has 0 spiro atoms. The highest BCUT2D eigenvalue weighted by atomic mass is 32.2. The predicted octanol–water partition coefficient (Wildman–Crippen LogP) is 5.04. The van der Waals surface area contributed by atoms with Gasteiger partial charge in [-0.3, -0.25) is 4.55 Å². The van der Waals surface area contributed by atoms with Crippen LogP contribution in [0.3, 0.4) is 0 Å². The molecule has 1 N–H and O–H groups in total. The highest BCUT2D eigenvalue weighted by Gasteiger charge is 2.14. The average molecular weight is 381 g/mol. The molecule has 3 aromatic carbocycles. The summed E-state index contributed by atoms with van der Waals surface area (Å²) in [7, 11) is -4.21. The van der Waals surface area contributed by atoms with Crippen LogP contribution in [0.1, 0.15) is 38.9 Å². The van der Waals surface area contributed by atoms with E-state index < -0.39 is 10.1 Å². The van der Waals surface area contributed by atoms with Crippen LogP contribution in [0, 0.1) is 20.8 Å². The summed E-state index contributed by atoms with van der Waals surface area (Å²) in [5, 5.41) is 0. The molecule has 0 aromatic heterocycles. The van der Waals surface area contributed by atoms with Gasteiger partial charge in [0.25, 0.3) is 10.1 Å². The molecular weight excluding hydrogens is 356 g/mol. The Labute approximate surface area is 161 Å². The van der Waals surface area contributed by atoms with Crippen LogP contribution in [-0.4, -0.2) is 13.0 Å². The number of rotatable bonds is 5. The van der Waals surface area contributed by atoms with Gasteiger partial charge in [0.15, 0.2) is 0 Å². The second-order valence-electron chi connectivity index (χ2n) is 7.12. The zero-order chi connectivity index (χ0) is 19.6. The maximum absolute atomic E-state index is 11.6. The zero-order valence-electron chi connectivity index (χ0n) is 15.9. The van der Waals surface area contributed by atoms with Crippen molar-refractivity contribution in [3.05, 3.63) is 99.6 Å². The van der Waals surface area contributed by atoms with E-state index in [2.05, 4.69) is 50.2 Å². The number of aryl methyl sites for hydroxylation is 3. The van der Waals surface area contributed by atoms with Crippen molar-refractivity contribution < 1.29 is 13.0 Å². The minimum Gasteiger partial charge on any atom is -0.282 e. The maximum atomic E-state index is 11.6. The second kappa shape index (κ2) is 7.67. The van der Waals surface area contributed by atoms with E-state index in [-0.39, 0.29) is 4.90 Å². The number of hydrogen-bond acceptors (Lipinski definition) is 2. The normalized spacial score (nSPS) is 11.6. The monoisotopic (exact) mass is 380 g/mol. The average Bonchev–Trinajstić information content (AvgIpc) is 2.60. The lowest BCUT2D eigenvalue weighted by Crippen LogP contribution is -2.03. The van der Waals surface area contributed by atoms with E-state index in [0.717, 1.165) is 23.1 Å². The molecule has 3 rings (SSSR count). The summed E-state index contributed by atoms with van der Waals surface area (Å²) in [6, 6.07) is 20.0. The zero-order valence-corrected chi connectivity index (χ0v) is 16.7. The van der Waals surface area contributed by atoms with Gasteiger partial charge in [0, 0.05) is 0 Å². The third kappa shape index (κ3) is 4.65. The van der Waals surface area contributed by atoms with Crippen LogP contribution in [0.4, 0.5) is 0 Å². The first-order valence-electron chi connectivity index (χ1n) is 8.94. The summed E-state index contributed by atoms with van der Waals surface area (Å²) in [4.78, 5) is -0.0197. The molecule has 140 valence electrons. The molecule has 27 heavy (non-hydrogen) atoms. The first kappa shape index (κ1) is 19.3. The van der Waals surface area contributed by atoms with E-state index in [1.54, 1.807) is 19.1 Å². The topological polar surface area (TPSA) is 54.4 Å². The molecule has 0 aliphatic rings. The van der Waals surface area contributed by atoms with Crippen molar-refractivity contribution in [3.63, 3.8) is 0 Å². The number of benzene rings is 3. The van der Waals surface area contributed by atoms with Crippen molar-refractivity contribution in [2.24, 2.45) is 0 Å². The van der Waals surface area contributed by atoms with Crippen LogP contribution >= 0.6 is 0 Å². The van der Waals surface area contributed by atoms with Gasteiger partial charge >= 0.3 is 0 Å². The highest BCUT2D eigenvalue weighted by Crippen LogP contribution is 2.22. The fourth-order valence-corrected chi connectivity index (χ4v) is 4.08. The quantitative estimate of drug-likeness (QED) is 0.631. The Morgan fingerprint density at radius 2 is 1.26 bits per heavy atom. The van der Waals surface area contributed by atoms with Crippen molar-refractivity contribution in [1.82, 2.24) is 0 Å². The Balaban J connectivity index is 1.91. The van der Waals surface area contributed by atoms with Crippen LogP contribution in [0.2, 0.25) is 0 Å². The fraction of sp³-hybridized carbons (Fsp3) is 0.217.